The third kappa shape index (κ3) is 6.71. The Kier molecular flexibility index (Phi) is 9.10. The monoisotopic (exact) mass is 444 g/mol. The summed E-state index contributed by atoms with van der Waals surface area (Å²) in [4.78, 5) is 11.5. The Balaban J connectivity index is 1.94. The molecule has 0 radical (unpaired) electrons. The second kappa shape index (κ2) is 11.3. The lowest BCUT2D eigenvalue weighted by Gasteiger charge is -2.32. The quantitative estimate of drug-likeness (QED) is 0.356. The highest BCUT2D eigenvalue weighted by atomic mass is 16.6. The summed E-state index contributed by atoms with van der Waals surface area (Å²) in [7, 11) is 0. The Labute approximate surface area is 190 Å². The number of rotatable bonds is 9. The lowest BCUT2D eigenvalue weighted by Crippen LogP contribution is -2.32. The van der Waals surface area contributed by atoms with Gasteiger partial charge in [0.1, 0.15) is 12.7 Å². The summed E-state index contributed by atoms with van der Waals surface area (Å²) in [5, 5.41) is 28.5. The minimum atomic E-state index is -1.36. The Hall–Kier alpha value is -2.57. The second-order valence-corrected chi connectivity index (χ2v) is 9.08. The number of ether oxygens (including phenoxy) is 2. The molecule has 2 aliphatic rings. The van der Waals surface area contributed by atoms with Gasteiger partial charge in [0, 0.05) is 0 Å². The van der Waals surface area contributed by atoms with Crippen molar-refractivity contribution in [1.82, 2.24) is 0 Å². The molecule has 0 amide bonds. The molecule has 1 aliphatic carbocycles. The number of esters is 1. The molecule has 0 spiro atoms. The molecule has 0 saturated heterocycles. The van der Waals surface area contributed by atoms with E-state index in [2.05, 4.69) is 39.8 Å². The van der Waals surface area contributed by atoms with Crippen molar-refractivity contribution >= 4 is 5.97 Å². The maximum Gasteiger partial charge on any atom is 0.378 e. The fraction of sp³-hybridized carbons (Fsp3) is 0.500. The highest BCUT2D eigenvalue weighted by Gasteiger charge is 2.40. The van der Waals surface area contributed by atoms with Crippen molar-refractivity contribution in [3.63, 3.8) is 0 Å². The van der Waals surface area contributed by atoms with Gasteiger partial charge < -0.3 is 24.8 Å². The minimum Gasteiger partial charge on any atom is -0.499 e. The maximum atomic E-state index is 11.5. The molecule has 0 aromatic carbocycles. The van der Waals surface area contributed by atoms with Gasteiger partial charge in [0.05, 0.1) is 6.61 Å². The zero-order valence-electron chi connectivity index (χ0n) is 19.7. The molecule has 2 atom stereocenters. The molecule has 0 saturated carbocycles. The molecule has 0 fully saturated rings. The van der Waals surface area contributed by atoms with Crippen molar-refractivity contribution in [2.45, 2.75) is 66.1 Å². The molecule has 2 rings (SSSR count). The van der Waals surface area contributed by atoms with E-state index in [-0.39, 0.29) is 17.8 Å². The number of hydrogen-bond acceptors (Lipinski definition) is 6. The summed E-state index contributed by atoms with van der Waals surface area (Å²) in [5.74, 6) is -1.82. The first-order valence-corrected chi connectivity index (χ1v) is 11.0. The molecule has 1 heterocycles. The molecular formula is C26H36O6. The number of aliphatic hydroxyl groups is 3. The van der Waals surface area contributed by atoms with Crippen LogP contribution in [0.15, 0.2) is 70.3 Å². The topological polar surface area (TPSA) is 96.2 Å². The molecule has 1 unspecified atom stereocenters. The van der Waals surface area contributed by atoms with Gasteiger partial charge in [-0.3, -0.25) is 0 Å². The Morgan fingerprint density at radius 1 is 1.28 bits per heavy atom. The van der Waals surface area contributed by atoms with Crippen LogP contribution in [0.3, 0.4) is 0 Å². The average Bonchev–Trinajstić information content (AvgIpc) is 3.01. The molecule has 176 valence electrons. The first kappa shape index (κ1) is 25.7. The van der Waals surface area contributed by atoms with E-state index in [1.807, 2.05) is 25.2 Å². The SMILES string of the molecule is CC1=C(/C=C/C(C)=C\C=C\C(C)=C\COC2=C(O)C(=O)OC2[C@@H](O)CO)C(C)(C)CCC1. The highest BCUT2D eigenvalue weighted by molar-refractivity contribution is 5.89. The van der Waals surface area contributed by atoms with Crippen LogP contribution in [-0.4, -0.2) is 46.7 Å². The van der Waals surface area contributed by atoms with Crippen LogP contribution in [0.5, 0.6) is 0 Å². The fourth-order valence-electron chi connectivity index (χ4n) is 3.92. The van der Waals surface area contributed by atoms with E-state index in [9.17, 15) is 15.0 Å². The van der Waals surface area contributed by atoms with Gasteiger partial charge >= 0.3 is 5.97 Å². The first-order valence-electron chi connectivity index (χ1n) is 11.0. The highest BCUT2D eigenvalue weighted by Crippen LogP contribution is 2.40. The summed E-state index contributed by atoms with van der Waals surface area (Å²) < 4.78 is 10.2. The Morgan fingerprint density at radius 2 is 2.00 bits per heavy atom. The molecule has 32 heavy (non-hydrogen) atoms. The van der Waals surface area contributed by atoms with Gasteiger partial charge in [0.2, 0.25) is 5.76 Å². The van der Waals surface area contributed by atoms with Crippen molar-refractivity contribution in [1.29, 1.82) is 0 Å². The van der Waals surface area contributed by atoms with Gasteiger partial charge in [0.25, 0.3) is 0 Å². The molecular weight excluding hydrogens is 408 g/mol. The molecule has 0 aromatic rings. The third-order valence-electron chi connectivity index (χ3n) is 5.87. The lowest BCUT2D eigenvalue weighted by molar-refractivity contribution is -0.148. The summed E-state index contributed by atoms with van der Waals surface area (Å²) in [6, 6.07) is 0. The van der Waals surface area contributed by atoms with Crippen LogP contribution in [0.25, 0.3) is 0 Å². The number of cyclic esters (lactones) is 1. The Morgan fingerprint density at radius 3 is 2.66 bits per heavy atom. The van der Waals surface area contributed by atoms with Crippen LogP contribution in [0.1, 0.15) is 53.9 Å². The van der Waals surface area contributed by atoms with Crippen LogP contribution in [0.4, 0.5) is 0 Å². The van der Waals surface area contributed by atoms with Gasteiger partial charge in [-0.1, -0.05) is 60.9 Å². The standard InChI is InChI=1S/C26H36O6/c1-17(11-12-20-19(3)10-7-14-26(20,4)5)8-6-9-18(2)13-15-31-24-22(29)25(30)32-23(24)21(28)16-27/h6,8-9,11-13,21,23,27-29H,7,10,14-16H2,1-5H3/b9-6+,12-11+,17-8-,18-13+/t21-,23?/m0/s1. The van der Waals surface area contributed by atoms with Crippen molar-refractivity contribution in [2.24, 2.45) is 5.41 Å². The van der Waals surface area contributed by atoms with Crippen molar-refractivity contribution in [2.75, 3.05) is 13.2 Å². The number of hydrogen-bond donors (Lipinski definition) is 3. The lowest BCUT2D eigenvalue weighted by atomic mass is 9.72. The first-order chi connectivity index (χ1) is 15.1. The number of allylic oxidation sites excluding steroid dienone is 9. The van der Waals surface area contributed by atoms with E-state index in [0.717, 1.165) is 11.1 Å². The number of carbonyl (C=O) groups is 1. The van der Waals surface area contributed by atoms with E-state index in [1.165, 1.54) is 30.4 Å². The molecule has 0 aromatic heterocycles. The smallest absolute Gasteiger partial charge is 0.378 e. The van der Waals surface area contributed by atoms with E-state index < -0.39 is 30.5 Å². The summed E-state index contributed by atoms with van der Waals surface area (Å²) in [6.45, 7) is 10.3. The van der Waals surface area contributed by atoms with Crippen molar-refractivity contribution < 1.29 is 29.6 Å². The summed E-state index contributed by atoms with van der Waals surface area (Å²) >= 11 is 0. The van der Waals surface area contributed by atoms with E-state index in [0.29, 0.717) is 0 Å². The molecule has 6 nitrogen and oxygen atoms in total. The third-order valence-corrected chi connectivity index (χ3v) is 5.87. The number of carbonyl (C=O) groups excluding carboxylic acids is 1. The van der Waals surface area contributed by atoms with Gasteiger partial charge in [-0.15, -0.1) is 0 Å². The van der Waals surface area contributed by atoms with Crippen LogP contribution < -0.4 is 0 Å². The minimum absolute atomic E-state index is 0.0754. The molecule has 0 bridgehead atoms. The van der Waals surface area contributed by atoms with Crippen LogP contribution in [-0.2, 0) is 14.3 Å². The zero-order chi connectivity index (χ0) is 23.9. The normalized spacial score (nSPS) is 23.5. The van der Waals surface area contributed by atoms with Gasteiger partial charge in [0.15, 0.2) is 11.9 Å². The summed E-state index contributed by atoms with van der Waals surface area (Å²) in [6.07, 6.45) is 13.2. The van der Waals surface area contributed by atoms with Gasteiger partial charge in [-0.25, -0.2) is 4.79 Å². The molecule has 6 heteroatoms. The predicted octanol–water partition coefficient (Wildman–Crippen LogP) is 4.58. The van der Waals surface area contributed by atoms with Crippen LogP contribution in [0, 0.1) is 5.41 Å². The van der Waals surface area contributed by atoms with Gasteiger partial charge in [-0.05, 0) is 57.1 Å². The van der Waals surface area contributed by atoms with Crippen molar-refractivity contribution in [3.8, 4) is 0 Å². The van der Waals surface area contributed by atoms with E-state index in [4.69, 9.17) is 14.6 Å². The second-order valence-electron chi connectivity index (χ2n) is 9.08. The van der Waals surface area contributed by atoms with E-state index >= 15 is 0 Å². The summed E-state index contributed by atoms with van der Waals surface area (Å²) in [5.41, 5.74) is 5.20. The number of aliphatic hydroxyl groups excluding tert-OH is 3. The van der Waals surface area contributed by atoms with Crippen molar-refractivity contribution in [3.05, 3.63) is 70.3 Å². The van der Waals surface area contributed by atoms with Crippen LogP contribution >= 0.6 is 0 Å². The predicted molar refractivity (Wildman–Crippen MR) is 125 cm³/mol. The van der Waals surface area contributed by atoms with Gasteiger partial charge in [-0.2, -0.15) is 0 Å². The molecule has 1 aliphatic heterocycles. The Bertz CT molecular complexity index is 882. The maximum absolute atomic E-state index is 11.5. The zero-order valence-corrected chi connectivity index (χ0v) is 19.7. The molecule has 3 N–H and O–H groups in total. The van der Waals surface area contributed by atoms with Crippen LogP contribution in [0.2, 0.25) is 0 Å². The fourth-order valence-corrected chi connectivity index (χ4v) is 3.92. The average molecular weight is 445 g/mol. The van der Waals surface area contributed by atoms with E-state index in [1.54, 1.807) is 6.08 Å². The largest absolute Gasteiger partial charge is 0.499 e.